The highest BCUT2D eigenvalue weighted by atomic mass is 16.6. The van der Waals surface area contributed by atoms with Gasteiger partial charge in [-0.05, 0) is 37.0 Å². The predicted octanol–water partition coefficient (Wildman–Crippen LogP) is 2.32. The Morgan fingerprint density at radius 1 is 1.05 bits per heavy atom. The summed E-state index contributed by atoms with van der Waals surface area (Å²) in [5.74, 6) is -2.12. The second-order valence-corrected chi connectivity index (χ2v) is 9.94. The molecule has 5 amide bonds. The molecule has 11 heteroatoms. The molecule has 0 aromatic heterocycles. The van der Waals surface area contributed by atoms with Crippen molar-refractivity contribution in [3.63, 3.8) is 0 Å². The third-order valence-corrected chi connectivity index (χ3v) is 7.22. The van der Waals surface area contributed by atoms with E-state index in [2.05, 4.69) is 10.6 Å². The normalized spacial score (nSPS) is 22.2. The van der Waals surface area contributed by atoms with E-state index in [1.165, 1.54) is 4.90 Å². The first-order valence-corrected chi connectivity index (χ1v) is 13.0. The number of rotatable bonds is 9. The van der Waals surface area contributed by atoms with E-state index in [-0.39, 0.29) is 42.7 Å². The molecule has 2 aromatic rings. The minimum atomic E-state index is -1.00. The Hall–Kier alpha value is -4.25. The summed E-state index contributed by atoms with van der Waals surface area (Å²) >= 11 is 0. The van der Waals surface area contributed by atoms with Crippen LogP contribution in [0, 0.1) is 0 Å². The summed E-state index contributed by atoms with van der Waals surface area (Å²) < 4.78 is 11.2. The summed E-state index contributed by atoms with van der Waals surface area (Å²) in [6.45, 7) is 0.966. The lowest BCUT2D eigenvalue weighted by atomic mass is 9.88. The van der Waals surface area contributed by atoms with Gasteiger partial charge in [0, 0.05) is 31.7 Å². The molecule has 5 rings (SSSR count). The number of amides is 5. The Bertz CT molecular complexity index is 1290. The topological polar surface area (TPSA) is 134 Å². The molecule has 2 N–H and O–H groups in total. The fourth-order valence-electron chi connectivity index (χ4n) is 4.95. The number of piperidine rings is 1. The van der Waals surface area contributed by atoms with Gasteiger partial charge in [-0.3, -0.25) is 29.4 Å². The van der Waals surface area contributed by atoms with E-state index in [9.17, 15) is 24.0 Å². The van der Waals surface area contributed by atoms with Crippen molar-refractivity contribution in [2.45, 2.75) is 50.5 Å². The van der Waals surface area contributed by atoms with E-state index in [1.54, 1.807) is 25.2 Å². The molecule has 2 aromatic carbocycles. The number of fused-ring (bicyclic) bond motifs is 1. The standard InChI is InChI=1S/C28H30N4O7/c1-31(28(37)39-16-17-6-3-2-4-7-17)12-13-38-19-14-18(15-19)29-21-9-5-8-20-24(21)27(36)32(26(20)35)22-10-11-23(33)30-25(22)34/h2-9,18-19,22,29H,10-16H2,1H3,(H,30,33,34). The van der Waals surface area contributed by atoms with Crippen molar-refractivity contribution in [2.24, 2.45) is 0 Å². The first-order valence-electron chi connectivity index (χ1n) is 13.0. The van der Waals surface area contributed by atoms with E-state index in [0.717, 1.165) is 10.5 Å². The number of imide groups is 2. The van der Waals surface area contributed by atoms with Crippen LogP contribution in [0.3, 0.4) is 0 Å². The molecule has 0 bridgehead atoms. The summed E-state index contributed by atoms with van der Waals surface area (Å²) in [4.78, 5) is 64.6. The summed E-state index contributed by atoms with van der Waals surface area (Å²) in [5, 5.41) is 5.54. The monoisotopic (exact) mass is 534 g/mol. The van der Waals surface area contributed by atoms with Crippen LogP contribution in [0.4, 0.5) is 10.5 Å². The van der Waals surface area contributed by atoms with E-state index in [4.69, 9.17) is 9.47 Å². The number of nitrogens with zero attached hydrogens (tertiary/aromatic N) is 2. The second kappa shape index (κ2) is 11.2. The molecule has 1 saturated heterocycles. The van der Waals surface area contributed by atoms with Crippen molar-refractivity contribution in [3.8, 4) is 0 Å². The van der Waals surface area contributed by atoms with Crippen LogP contribution in [0.5, 0.6) is 0 Å². The number of hydrogen-bond donors (Lipinski definition) is 2. The molecule has 0 radical (unpaired) electrons. The van der Waals surface area contributed by atoms with Gasteiger partial charge in [0.2, 0.25) is 11.8 Å². The van der Waals surface area contributed by atoms with Crippen molar-refractivity contribution >= 4 is 35.4 Å². The van der Waals surface area contributed by atoms with Crippen LogP contribution in [0.2, 0.25) is 0 Å². The van der Waals surface area contributed by atoms with Crippen molar-refractivity contribution in [3.05, 3.63) is 65.2 Å². The van der Waals surface area contributed by atoms with Gasteiger partial charge in [-0.15, -0.1) is 0 Å². The zero-order valence-electron chi connectivity index (χ0n) is 21.6. The number of hydrogen-bond acceptors (Lipinski definition) is 8. The van der Waals surface area contributed by atoms with Gasteiger partial charge in [0.15, 0.2) is 0 Å². The van der Waals surface area contributed by atoms with Crippen LogP contribution >= 0.6 is 0 Å². The molecule has 11 nitrogen and oxygen atoms in total. The smallest absolute Gasteiger partial charge is 0.409 e. The maximum Gasteiger partial charge on any atom is 0.409 e. The minimum Gasteiger partial charge on any atom is -0.445 e. The fourth-order valence-corrected chi connectivity index (χ4v) is 4.95. The summed E-state index contributed by atoms with van der Waals surface area (Å²) in [6, 6.07) is 13.5. The van der Waals surface area contributed by atoms with Crippen LogP contribution in [-0.2, 0) is 25.7 Å². The second-order valence-electron chi connectivity index (χ2n) is 9.94. The number of benzene rings is 2. The van der Waals surface area contributed by atoms with Gasteiger partial charge in [-0.25, -0.2) is 4.79 Å². The molecule has 2 fully saturated rings. The fraction of sp³-hybridized carbons (Fsp3) is 0.393. The Kier molecular flexibility index (Phi) is 7.60. The van der Waals surface area contributed by atoms with Gasteiger partial charge in [0.25, 0.3) is 11.8 Å². The zero-order chi connectivity index (χ0) is 27.5. The van der Waals surface area contributed by atoms with Crippen molar-refractivity contribution < 1.29 is 33.4 Å². The zero-order valence-corrected chi connectivity index (χ0v) is 21.6. The quantitative estimate of drug-likeness (QED) is 0.468. The number of carbonyl (C=O) groups is 5. The molecule has 1 saturated carbocycles. The molecular formula is C28H30N4O7. The van der Waals surface area contributed by atoms with Gasteiger partial charge < -0.3 is 19.7 Å². The Labute approximate surface area is 225 Å². The minimum absolute atomic E-state index is 0.00491. The Balaban J connectivity index is 1.08. The molecular weight excluding hydrogens is 504 g/mol. The average molecular weight is 535 g/mol. The highest BCUT2D eigenvalue weighted by Crippen LogP contribution is 2.35. The van der Waals surface area contributed by atoms with Crippen LogP contribution < -0.4 is 10.6 Å². The summed E-state index contributed by atoms with van der Waals surface area (Å²) in [6.07, 6.45) is 1.17. The van der Waals surface area contributed by atoms with Gasteiger partial charge in [0.1, 0.15) is 12.6 Å². The first kappa shape index (κ1) is 26.4. The maximum absolute atomic E-state index is 13.2. The van der Waals surface area contributed by atoms with Crippen LogP contribution in [-0.4, -0.2) is 77.9 Å². The SMILES string of the molecule is CN(CCOC1CC(Nc2cccc3c2C(=O)N(C2CCC(=O)NC2=O)C3=O)C1)C(=O)OCc1ccccc1. The van der Waals surface area contributed by atoms with Gasteiger partial charge in [0.05, 0.1) is 23.8 Å². The Morgan fingerprint density at radius 3 is 2.56 bits per heavy atom. The van der Waals surface area contributed by atoms with Gasteiger partial charge in [-0.2, -0.15) is 0 Å². The highest BCUT2D eigenvalue weighted by Gasteiger charge is 2.46. The molecule has 2 heterocycles. The van der Waals surface area contributed by atoms with E-state index < -0.39 is 35.8 Å². The molecule has 39 heavy (non-hydrogen) atoms. The van der Waals surface area contributed by atoms with Crippen LogP contribution in [0.1, 0.15) is 52.0 Å². The molecule has 2 aliphatic heterocycles. The molecule has 204 valence electrons. The molecule has 1 atom stereocenters. The summed E-state index contributed by atoms with van der Waals surface area (Å²) in [7, 11) is 1.66. The third kappa shape index (κ3) is 5.63. The largest absolute Gasteiger partial charge is 0.445 e. The molecule has 3 aliphatic rings. The highest BCUT2D eigenvalue weighted by molar-refractivity contribution is 6.25. The number of anilines is 1. The number of nitrogens with one attached hydrogen (secondary N) is 2. The van der Waals surface area contributed by atoms with Crippen LogP contribution in [0.15, 0.2) is 48.5 Å². The molecule has 0 spiro atoms. The van der Waals surface area contributed by atoms with Crippen molar-refractivity contribution in [1.29, 1.82) is 0 Å². The van der Waals surface area contributed by atoms with Gasteiger partial charge >= 0.3 is 6.09 Å². The van der Waals surface area contributed by atoms with E-state index >= 15 is 0 Å². The Morgan fingerprint density at radius 2 is 1.82 bits per heavy atom. The third-order valence-electron chi connectivity index (χ3n) is 7.22. The number of likely N-dealkylation sites (N-methyl/N-ethyl adjacent to an activating group) is 1. The maximum atomic E-state index is 13.2. The lowest BCUT2D eigenvalue weighted by molar-refractivity contribution is -0.136. The lowest BCUT2D eigenvalue weighted by Gasteiger charge is -2.36. The molecule has 1 unspecified atom stereocenters. The van der Waals surface area contributed by atoms with Gasteiger partial charge in [-0.1, -0.05) is 36.4 Å². The van der Waals surface area contributed by atoms with Crippen LogP contribution in [0.25, 0.3) is 0 Å². The van der Waals surface area contributed by atoms with Crippen molar-refractivity contribution in [1.82, 2.24) is 15.1 Å². The first-order chi connectivity index (χ1) is 18.8. The lowest BCUT2D eigenvalue weighted by Crippen LogP contribution is -2.54. The average Bonchev–Trinajstić information content (AvgIpc) is 3.16. The van der Waals surface area contributed by atoms with E-state index in [1.807, 2.05) is 30.3 Å². The summed E-state index contributed by atoms with van der Waals surface area (Å²) in [5.41, 5.74) is 1.93. The van der Waals surface area contributed by atoms with E-state index in [0.29, 0.717) is 31.7 Å². The molecule has 1 aliphatic carbocycles. The number of ether oxygens (including phenoxy) is 2. The van der Waals surface area contributed by atoms with Crippen molar-refractivity contribution in [2.75, 3.05) is 25.5 Å². The predicted molar refractivity (Wildman–Crippen MR) is 139 cm³/mol. The number of carbonyl (C=O) groups excluding carboxylic acids is 5.